The van der Waals surface area contributed by atoms with Crippen molar-refractivity contribution in [2.45, 2.75) is 25.7 Å². The third-order valence-electron chi connectivity index (χ3n) is 5.09. The lowest BCUT2D eigenvalue weighted by atomic mass is 9.90. The molecule has 3 heteroatoms. The fourth-order valence-electron chi connectivity index (χ4n) is 3.79. The van der Waals surface area contributed by atoms with Crippen LogP contribution in [0.3, 0.4) is 0 Å². The second-order valence-electron chi connectivity index (χ2n) is 6.68. The monoisotopic (exact) mass is 325 g/mol. The minimum Gasteiger partial charge on any atom is -0.248 e. The lowest BCUT2D eigenvalue weighted by molar-refractivity contribution is 0.677. The Bertz CT molecular complexity index is 1060. The molecule has 1 aliphatic carbocycles. The molecule has 0 radical (unpaired) electrons. The van der Waals surface area contributed by atoms with Crippen LogP contribution >= 0.6 is 0 Å². The van der Waals surface area contributed by atoms with Crippen LogP contribution < -0.4 is 0 Å². The van der Waals surface area contributed by atoms with Crippen molar-refractivity contribution in [1.82, 2.24) is 14.8 Å². The van der Waals surface area contributed by atoms with Crippen LogP contribution in [0.2, 0.25) is 0 Å². The van der Waals surface area contributed by atoms with Crippen molar-refractivity contribution in [1.29, 1.82) is 0 Å². The zero-order valence-electron chi connectivity index (χ0n) is 14.0. The molecule has 0 N–H and O–H groups in total. The van der Waals surface area contributed by atoms with Gasteiger partial charge in [-0.2, -0.15) is 5.10 Å². The predicted molar refractivity (Wildman–Crippen MR) is 101 cm³/mol. The number of hydrogen-bond donors (Lipinski definition) is 0. The van der Waals surface area contributed by atoms with Gasteiger partial charge in [-0.15, -0.1) is 0 Å². The predicted octanol–water partition coefficient (Wildman–Crippen LogP) is 4.97. The SMILES string of the molecule is c1cc2c(c(-n3cc(-c4ccc5ccccc5n4)cn3)c1)CCCC2. The fourth-order valence-corrected chi connectivity index (χ4v) is 3.79. The molecule has 0 saturated carbocycles. The van der Waals surface area contributed by atoms with Crippen LogP contribution in [-0.4, -0.2) is 14.8 Å². The number of fused-ring (bicyclic) bond motifs is 2. The molecule has 2 aromatic heterocycles. The van der Waals surface area contributed by atoms with Gasteiger partial charge in [0, 0.05) is 17.1 Å². The summed E-state index contributed by atoms with van der Waals surface area (Å²) in [5.41, 5.74) is 7.18. The van der Waals surface area contributed by atoms with E-state index in [4.69, 9.17) is 4.98 Å². The van der Waals surface area contributed by atoms with Gasteiger partial charge in [-0.05, 0) is 55.0 Å². The van der Waals surface area contributed by atoms with Gasteiger partial charge in [-0.1, -0.05) is 36.4 Å². The summed E-state index contributed by atoms with van der Waals surface area (Å²) in [6.45, 7) is 0. The second kappa shape index (κ2) is 5.85. The first kappa shape index (κ1) is 14.4. The van der Waals surface area contributed by atoms with Crippen molar-refractivity contribution in [2.75, 3.05) is 0 Å². The first-order valence-electron chi connectivity index (χ1n) is 8.90. The molecule has 2 heterocycles. The molecule has 0 saturated heterocycles. The molecule has 25 heavy (non-hydrogen) atoms. The molecule has 0 bridgehead atoms. The van der Waals surface area contributed by atoms with Gasteiger partial charge in [0.15, 0.2) is 0 Å². The standard InChI is InChI=1S/C22H19N3/c1-3-9-19-16(6-1)8-5-11-22(19)25-15-18(14-23-25)21-13-12-17-7-2-4-10-20(17)24-21/h2,4-5,7-8,10-15H,1,3,6,9H2. The molecule has 3 nitrogen and oxygen atoms in total. The number of aryl methyl sites for hydroxylation is 1. The van der Waals surface area contributed by atoms with Crippen molar-refractivity contribution < 1.29 is 0 Å². The maximum absolute atomic E-state index is 4.79. The maximum Gasteiger partial charge on any atom is 0.0741 e. The summed E-state index contributed by atoms with van der Waals surface area (Å²) in [5.74, 6) is 0. The summed E-state index contributed by atoms with van der Waals surface area (Å²) in [6, 6.07) is 19.0. The molecule has 0 atom stereocenters. The quantitative estimate of drug-likeness (QED) is 0.521. The second-order valence-corrected chi connectivity index (χ2v) is 6.68. The van der Waals surface area contributed by atoms with Gasteiger partial charge in [0.1, 0.15) is 0 Å². The summed E-state index contributed by atoms with van der Waals surface area (Å²) in [7, 11) is 0. The van der Waals surface area contributed by atoms with E-state index in [1.807, 2.05) is 23.0 Å². The highest BCUT2D eigenvalue weighted by atomic mass is 15.3. The summed E-state index contributed by atoms with van der Waals surface area (Å²) in [5, 5.41) is 5.79. The minimum absolute atomic E-state index is 0.967. The Morgan fingerprint density at radius 1 is 0.840 bits per heavy atom. The average Bonchev–Trinajstić information content (AvgIpc) is 3.17. The number of para-hydroxylation sites is 1. The van der Waals surface area contributed by atoms with E-state index in [1.54, 1.807) is 0 Å². The Balaban J connectivity index is 1.57. The fraction of sp³-hybridized carbons (Fsp3) is 0.182. The highest BCUT2D eigenvalue weighted by Gasteiger charge is 2.15. The molecule has 2 aromatic carbocycles. The van der Waals surface area contributed by atoms with E-state index in [1.165, 1.54) is 36.1 Å². The molecule has 0 amide bonds. The van der Waals surface area contributed by atoms with E-state index in [0.717, 1.165) is 28.6 Å². The molecule has 0 aliphatic heterocycles. The summed E-state index contributed by atoms with van der Waals surface area (Å²) in [4.78, 5) is 4.79. The number of hydrogen-bond acceptors (Lipinski definition) is 2. The maximum atomic E-state index is 4.79. The average molecular weight is 325 g/mol. The van der Waals surface area contributed by atoms with Crippen molar-refractivity contribution in [3.05, 3.63) is 78.1 Å². The van der Waals surface area contributed by atoms with Crippen LogP contribution in [0.5, 0.6) is 0 Å². The summed E-state index contributed by atoms with van der Waals surface area (Å²) >= 11 is 0. The van der Waals surface area contributed by atoms with E-state index in [0.29, 0.717) is 0 Å². The Hall–Kier alpha value is -2.94. The highest BCUT2D eigenvalue weighted by Crippen LogP contribution is 2.28. The smallest absolute Gasteiger partial charge is 0.0741 e. The molecule has 4 aromatic rings. The number of benzene rings is 2. The minimum atomic E-state index is 0.967. The Labute approximate surface area is 147 Å². The van der Waals surface area contributed by atoms with Crippen molar-refractivity contribution >= 4 is 10.9 Å². The number of rotatable bonds is 2. The topological polar surface area (TPSA) is 30.7 Å². The first-order chi connectivity index (χ1) is 12.4. The van der Waals surface area contributed by atoms with Crippen molar-refractivity contribution in [3.63, 3.8) is 0 Å². The first-order valence-corrected chi connectivity index (χ1v) is 8.90. The molecular weight excluding hydrogens is 306 g/mol. The van der Waals surface area contributed by atoms with Gasteiger partial charge < -0.3 is 0 Å². The van der Waals surface area contributed by atoms with E-state index < -0.39 is 0 Å². The molecule has 0 fully saturated rings. The third-order valence-corrected chi connectivity index (χ3v) is 5.09. The third kappa shape index (κ3) is 2.52. The molecule has 0 spiro atoms. The van der Waals surface area contributed by atoms with Crippen LogP contribution in [0.15, 0.2) is 67.0 Å². The largest absolute Gasteiger partial charge is 0.248 e. The van der Waals surface area contributed by atoms with Gasteiger partial charge >= 0.3 is 0 Å². The lowest BCUT2D eigenvalue weighted by Gasteiger charge is -2.19. The Morgan fingerprint density at radius 3 is 2.76 bits per heavy atom. The normalized spacial score (nSPS) is 13.8. The lowest BCUT2D eigenvalue weighted by Crippen LogP contribution is -2.08. The summed E-state index contributed by atoms with van der Waals surface area (Å²) < 4.78 is 2.01. The van der Waals surface area contributed by atoms with E-state index in [9.17, 15) is 0 Å². The van der Waals surface area contributed by atoms with Gasteiger partial charge in [0.2, 0.25) is 0 Å². The molecule has 5 rings (SSSR count). The van der Waals surface area contributed by atoms with Crippen LogP contribution in [0, 0.1) is 0 Å². The molecule has 0 unspecified atom stereocenters. The van der Waals surface area contributed by atoms with Crippen LogP contribution in [-0.2, 0) is 12.8 Å². The van der Waals surface area contributed by atoms with Gasteiger partial charge in [0.05, 0.1) is 23.1 Å². The van der Waals surface area contributed by atoms with E-state index in [-0.39, 0.29) is 0 Å². The van der Waals surface area contributed by atoms with E-state index in [2.05, 4.69) is 53.8 Å². The van der Waals surface area contributed by atoms with E-state index >= 15 is 0 Å². The van der Waals surface area contributed by atoms with Gasteiger partial charge in [0.25, 0.3) is 0 Å². The highest BCUT2D eigenvalue weighted by molar-refractivity contribution is 5.81. The Morgan fingerprint density at radius 2 is 1.76 bits per heavy atom. The van der Waals surface area contributed by atoms with Crippen molar-refractivity contribution in [2.24, 2.45) is 0 Å². The molecular formula is C22H19N3. The van der Waals surface area contributed by atoms with Gasteiger partial charge in [-0.3, -0.25) is 0 Å². The van der Waals surface area contributed by atoms with Crippen molar-refractivity contribution in [3.8, 4) is 16.9 Å². The van der Waals surface area contributed by atoms with Crippen LogP contribution in [0.25, 0.3) is 27.8 Å². The van der Waals surface area contributed by atoms with Crippen LogP contribution in [0.4, 0.5) is 0 Å². The zero-order valence-corrected chi connectivity index (χ0v) is 14.0. The molecule has 122 valence electrons. The van der Waals surface area contributed by atoms with Gasteiger partial charge in [-0.25, -0.2) is 9.67 Å². The van der Waals surface area contributed by atoms with Crippen LogP contribution in [0.1, 0.15) is 24.0 Å². The summed E-state index contributed by atoms with van der Waals surface area (Å²) in [6.07, 6.45) is 8.91. The zero-order chi connectivity index (χ0) is 16.6. The number of aromatic nitrogens is 3. The number of pyridine rings is 1. The Kier molecular flexibility index (Phi) is 3.37. The number of nitrogens with zero attached hydrogens (tertiary/aromatic N) is 3. The molecule has 1 aliphatic rings.